The van der Waals surface area contributed by atoms with E-state index in [9.17, 15) is 13.2 Å². The monoisotopic (exact) mass is 319 g/mol. The lowest BCUT2D eigenvalue weighted by molar-refractivity contribution is -0.137. The molecule has 116 valence electrons. The second-order valence-corrected chi connectivity index (χ2v) is 6.10. The molecule has 7 heteroatoms. The highest BCUT2D eigenvalue weighted by molar-refractivity contribution is 6.33. The van der Waals surface area contributed by atoms with E-state index in [4.69, 9.17) is 11.6 Å². The lowest BCUT2D eigenvalue weighted by Gasteiger charge is -2.32. The summed E-state index contributed by atoms with van der Waals surface area (Å²) in [6.07, 6.45) is 0.945. The van der Waals surface area contributed by atoms with Crippen LogP contribution in [0.3, 0.4) is 0 Å². The van der Waals surface area contributed by atoms with Gasteiger partial charge in [0.2, 0.25) is 0 Å². The maximum atomic E-state index is 12.6. The molecule has 0 aliphatic carbocycles. The highest BCUT2D eigenvalue weighted by atomic mass is 35.5. The van der Waals surface area contributed by atoms with Gasteiger partial charge in [0.1, 0.15) is 5.82 Å². The normalized spacial score (nSPS) is 26.7. The highest BCUT2D eigenvalue weighted by Crippen LogP contribution is 2.34. The molecule has 2 saturated heterocycles. The Balaban J connectivity index is 1.73. The molecule has 0 aromatic carbocycles. The average molecular weight is 320 g/mol. The fourth-order valence-corrected chi connectivity index (χ4v) is 3.51. The second kappa shape index (κ2) is 5.65. The van der Waals surface area contributed by atoms with Crippen LogP contribution in [0.5, 0.6) is 0 Å². The van der Waals surface area contributed by atoms with E-state index >= 15 is 0 Å². The molecule has 0 radical (unpaired) electrons. The number of halogens is 4. The van der Waals surface area contributed by atoms with Gasteiger partial charge < -0.3 is 5.32 Å². The summed E-state index contributed by atoms with van der Waals surface area (Å²) in [7, 11) is 0. The fraction of sp³-hybridized carbons (Fsp3) is 0.643. The number of rotatable bonds is 2. The molecular formula is C14H17ClF3N3. The minimum atomic E-state index is -4.41. The van der Waals surface area contributed by atoms with Gasteiger partial charge in [0.15, 0.2) is 0 Å². The second-order valence-electron chi connectivity index (χ2n) is 5.69. The van der Waals surface area contributed by atoms with Gasteiger partial charge in [-0.15, -0.1) is 0 Å². The van der Waals surface area contributed by atoms with E-state index in [1.807, 2.05) is 0 Å². The number of fused-ring (bicyclic) bond motifs is 1. The molecule has 3 nitrogen and oxygen atoms in total. The van der Waals surface area contributed by atoms with Gasteiger partial charge in [0, 0.05) is 24.8 Å². The van der Waals surface area contributed by atoms with E-state index in [0.717, 1.165) is 38.2 Å². The Bertz CT molecular complexity index is 521. The number of hydrogen-bond acceptors (Lipinski definition) is 3. The van der Waals surface area contributed by atoms with Crippen LogP contribution in [0.2, 0.25) is 5.02 Å². The van der Waals surface area contributed by atoms with Gasteiger partial charge in [-0.3, -0.25) is 4.90 Å². The zero-order valence-corrected chi connectivity index (χ0v) is 12.2. The van der Waals surface area contributed by atoms with Crippen LogP contribution in [0.15, 0.2) is 12.3 Å². The molecule has 0 amide bonds. The van der Waals surface area contributed by atoms with E-state index in [0.29, 0.717) is 11.9 Å². The number of nitrogens with one attached hydrogen (secondary N) is 1. The Morgan fingerprint density at radius 2 is 2.05 bits per heavy atom. The van der Waals surface area contributed by atoms with Gasteiger partial charge in [-0.1, -0.05) is 18.0 Å². The number of nitrogens with zero attached hydrogens (tertiary/aromatic N) is 2. The highest BCUT2D eigenvalue weighted by Gasteiger charge is 2.36. The summed E-state index contributed by atoms with van der Waals surface area (Å²) in [5.41, 5.74) is -0.816. The maximum Gasteiger partial charge on any atom is 0.417 e. The molecule has 1 aromatic heterocycles. The number of piperidine rings is 1. The van der Waals surface area contributed by atoms with Crippen molar-refractivity contribution >= 4 is 17.4 Å². The van der Waals surface area contributed by atoms with Crippen molar-refractivity contribution in [3.63, 3.8) is 0 Å². The number of aromatic nitrogens is 1. The van der Waals surface area contributed by atoms with E-state index in [-0.39, 0.29) is 11.1 Å². The summed E-state index contributed by atoms with van der Waals surface area (Å²) in [4.78, 5) is 6.31. The standard InChI is InChI=1S/C14H17ClF3N3/c15-10-7-9(14(16,17)18)8-19-13(10)20-11-4-6-21-5-2-1-3-12(11)21/h7-8,11-12H,1-6H2,(H,19,20)/t11-,12+/m0/s1. The third-order valence-corrected chi connectivity index (χ3v) is 4.63. The van der Waals surface area contributed by atoms with Crippen LogP contribution in [-0.4, -0.2) is 35.1 Å². The van der Waals surface area contributed by atoms with Gasteiger partial charge in [-0.05, 0) is 31.9 Å². The number of alkyl halides is 3. The Morgan fingerprint density at radius 3 is 2.76 bits per heavy atom. The summed E-state index contributed by atoms with van der Waals surface area (Å²) in [5, 5.41) is 3.26. The summed E-state index contributed by atoms with van der Waals surface area (Å²) in [6, 6.07) is 1.59. The quantitative estimate of drug-likeness (QED) is 0.899. The number of hydrogen-bond donors (Lipinski definition) is 1. The topological polar surface area (TPSA) is 28.2 Å². The van der Waals surface area contributed by atoms with Crippen LogP contribution < -0.4 is 5.32 Å². The zero-order chi connectivity index (χ0) is 15.0. The van der Waals surface area contributed by atoms with Crippen LogP contribution in [-0.2, 0) is 6.18 Å². The lowest BCUT2D eigenvalue weighted by atomic mass is 9.99. The first-order chi connectivity index (χ1) is 9.95. The van der Waals surface area contributed by atoms with Gasteiger partial charge in [0.05, 0.1) is 10.6 Å². The molecule has 1 N–H and O–H groups in total. The van der Waals surface area contributed by atoms with E-state index in [1.54, 1.807) is 0 Å². The van der Waals surface area contributed by atoms with E-state index in [1.165, 1.54) is 12.8 Å². The average Bonchev–Trinajstić information content (AvgIpc) is 2.83. The fourth-order valence-electron chi connectivity index (χ4n) is 3.29. The molecule has 2 fully saturated rings. The molecule has 0 saturated carbocycles. The first-order valence-corrected chi connectivity index (χ1v) is 7.56. The largest absolute Gasteiger partial charge is 0.417 e. The first kappa shape index (κ1) is 14.9. The molecule has 0 bridgehead atoms. The van der Waals surface area contributed by atoms with Crippen LogP contribution in [0.1, 0.15) is 31.2 Å². The third-order valence-electron chi connectivity index (χ3n) is 4.35. The minimum Gasteiger partial charge on any atom is -0.364 e. The van der Waals surface area contributed by atoms with Gasteiger partial charge >= 0.3 is 6.18 Å². The molecular weight excluding hydrogens is 303 g/mol. The molecule has 2 atom stereocenters. The molecule has 2 aliphatic rings. The summed E-state index contributed by atoms with van der Waals surface area (Å²) in [5.74, 6) is 0.349. The Hall–Kier alpha value is -1.01. The smallest absolute Gasteiger partial charge is 0.364 e. The van der Waals surface area contributed by atoms with Gasteiger partial charge in [0.25, 0.3) is 0 Å². The Morgan fingerprint density at radius 1 is 1.24 bits per heavy atom. The van der Waals surface area contributed by atoms with Crippen molar-refractivity contribution in [3.05, 3.63) is 22.8 Å². The predicted molar refractivity (Wildman–Crippen MR) is 75.5 cm³/mol. The Labute approximate surface area is 126 Å². The van der Waals surface area contributed by atoms with Gasteiger partial charge in [-0.2, -0.15) is 13.2 Å². The van der Waals surface area contributed by atoms with Crippen LogP contribution in [0.4, 0.5) is 19.0 Å². The molecule has 0 spiro atoms. The van der Waals surface area contributed by atoms with Crippen molar-refractivity contribution in [2.45, 2.75) is 43.9 Å². The van der Waals surface area contributed by atoms with Crippen molar-refractivity contribution < 1.29 is 13.2 Å². The van der Waals surface area contributed by atoms with Crippen molar-refractivity contribution in [1.29, 1.82) is 0 Å². The van der Waals surface area contributed by atoms with E-state index < -0.39 is 11.7 Å². The Kier molecular flexibility index (Phi) is 4.01. The van der Waals surface area contributed by atoms with Crippen molar-refractivity contribution in [2.24, 2.45) is 0 Å². The van der Waals surface area contributed by atoms with Crippen molar-refractivity contribution in [1.82, 2.24) is 9.88 Å². The lowest BCUT2D eigenvalue weighted by Crippen LogP contribution is -2.41. The summed E-state index contributed by atoms with van der Waals surface area (Å²) in [6.45, 7) is 2.14. The molecule has 3 rings (SSSR count). The zero-order valence-electron chi connectivity index (χ0n) is 11.5. The molecule has 0 unspecified atom stereocenters. The molecule has 21 heavy (non-hydrogen) atoms. The molecule has 1 aromatic rings. The third kappa shape index (κ3) is 3.11. The summed E-state index contributed by atoms with van der Waals surface area (Å²) >= 11 is 5.95. The van der Waals surface area contributed by atoms with Crippen molar-refractivity contribution in [2.75, 3.05) is 18.4 Å². The van der Waals surface area contributed by atoms with E-state index in [2.05, 4.69) is 15.2 Å². The SMILES string of the molecule is FC(F)(F)c1cnc(N[C@H]2CCN3CCCC[C@H]23)c(Cl)c1. The molecule has 2 aliphatic heterocycles. The van der Waals surface area contributed by atoms with Crippen LogP contribution >= 0.6 is 11.6 Å². The van der Waals surface area contributed by atoms with Crippen LogP contribution in [0.25, 0.3) is 0 Å². The number of anilines is 1. The predicted octanol–water partition coefficient (Wildman–Crippen LogP) is 3.79. The minimum absolute atomic E-state index is 0.0269. The number of pyridine rings is 1. The summed E-state index contributed by atoms with van der Waals surface area (Å²) < 4.78 is 37.8. The van der Waals surface area contributed by atoms with Crippen molar-refractivity contribution in [3.8, 4) is 0 Å². The first-order valence-electron chi connectivity index (χ1n) is 7.18. The maximum absolute atomic E-state index is 12.6. The van der Waals surface area contributed by atoms with Gasteiger partial charge in [-0.25, -0.2) is 4.98 Å². The van der Waals surface area contributed by atoms with Crippen LogP contribution in [0, 0.1) is 0 Å². The molecule has 3 heterocycles.